The molecule has 0 unspecified atom stereocenters. The van der Waals surface area contributed by atoms with Crippen LogP contribution in [0.2, 0.25) is 0 Å². The zero-order valence-corrected chi connectivity index (χ0v) is 22.2. The van der Waals surface area contributed by atoms with Gasteiger partial charge in [-0.3, -0.25) is 0 Å². The Hall–Kier alpha value is 0.410. The number of hydrogen-bond donors (Lipinski definition) is 0. The third kappa shape index (κ3) is 5.69. The van der Waals surface area contributed by atoms with Gasteiger partial charge < -0.3 is 24.8 Å². The number of allylic oxidation sites excluding steroid dienone is 8. The molecule has 0 heterocycles. The Morgan fingerprint density at radius 2 is 0.920 bits per heavy atom. The molecule has 25 heavy (non-hydrogen) atoms. The van der Waals surface area contributed by atoms with Crippen LogP contribution in [0, 0.1) is 23.7 Å². The van der Waals surface area contributed by atoms with Crippen molar-refractivity contribution in [1.82, 2.24) is 0 Å². The molecule has 0 nitrogen and oxygen atoms in total. The van der Waals surface area contributed by atoms with Crippen molar-refractivity contribution in [1.29, 1.82) is 0 Å². The van der Waals surface area contributed by atoms with Crippen molar-refractivity contribution in [3.8, 4) is 0 Å². The van der Waals surface area contributed by atoms with Gasteiger partial charge in [0.2, 0.25) is 0 Å². The summed E-state index contributed by atoms with van der Waals surface area (Å²) < 4.78 is 3.72. The normalized spacial score (nSPS) is 17.3. The van der Waals surface area contributed by atoms with Gasteiger partial charge in [0.25, 0.3) is 0 Å². The minimum Gasteiger partial charge on any atom is -1.00 e. The Morgan fingerprint density at radius 1 is 0.600 bits per heavy atom. The van der Waals surface area contributed by atoms with Crippen molar-refractivity contribution in [3.63, 3.8) is 0 Å². The summed E-state index contributed by atoms with van der Waals surface area (Å²) in [7, 11) is 0. The molecule has 0 saturated heterocycles. The van der Waals surface area contributed by atoms with Gasteiger partial charge in [0.05, 0.1) is 0 Å². The molecule has 0 atom stereocenters. The summed E-state index contributed by atoms with van der Waals surface area (Å²) in [6.45, 7) is 19.1. The Morgan fingerprint density at radius 3 is 1.16 bits per heavy atom. The third-order valence-electron chi connectivity index (χ3n) is 5.19. The SMILES string of the molecule is CC(C)C1=CCC(C(C)C)=[C]1[Hf+2][C]1=C(C(C)C)CC=C1C(C)C.[Cl-].[Cl-]. The van der Waals surface area contributed by atoms with Crippen LogP contribution in [0.5, 0.6) is 0 Å². The summed E-state index contributed by atoms with van der Waals surface area (Å²) in [5.41, 5.74) is 6.93. The van der Waals surface area contributed by atoms with Crippen LogP contribution in [0.25, 0.3) is 0 Å². The molecule has 2 aliphatic carbocycles. The van der Waals surface area contributed by atoms with E-state index >= 15 is 0 Å². The average molecular weight is 548 g/mol. The fourth-order valence-electron chi connectivity index (χ4n) is 3.75. The molecule has 0 aliphatic heterocycles. The van der Waals surface area contributed by atoms with Gasteiger partial charge in [0.15, 0.2) is 0 Å². The van der Waals surface area contributed by atoms with Gasteiger partial charge in [-0.25, -0.2) is 0 Å². The molecule has 0 N–H and O–H groups in total. The zero-order chi connectivity index (χ0) is 17.3. The molecule has 3 heteroatoms. The minimum atomic E-state index is -0.988. The molecule has 2 aliphatic rings. The molecule has 0 aromatic rings. The summed E-state index contributed by atoms with van der Waals surface area (Å²) in [6, 6.07) is 0. The van der Waals surface area contributed by atoms with E-state index in [9.17, 15) is 0 Å². The van der Waals surface area contributed by atoms with Crippen molar-refractivity contribution >= 4 is 0 Å². The van der Waals surface area contributed by atoms with Gasteiger partial charge in [-0.15, -0.1) is 0 Å². The molecule has 0 aromatic carbocycles. The molecule has 0 saturated carbocycles. The molecule has 0 spiro atoms. The number of halogens is 2. The van der Waals surface area contributed by atoms with E-state index in [1.54, 1.807) is 22.3 Å². The van der Waals surface area contributed by atoms with Crippen molar-refractivity contribution in [2.24, 2.45) is 23.7 Å². The van der Waals surface area contributed by atoms with E-state index < -0.39 is 22.9 Å². The fourth-order valence-corrected chi connectivity index (χ4v) is 12.5. The van der Waals surface area contributed by atoms with Gasteiger partial charge >= 0.3 is 156 Å². The first-order valence-corrected chi connectivity index (χ1v) is 13.0. The fraction of sp³-hybridized carbons (Fsp3) is 0.636. The zero-order valence-electron chi connectivity index (χ0n) is 17.1. The van der Waals surface area contributed by atoms with Crippen molar-refractivity contribution in [2.45, 2.75) is 68.2 Å². The quantitative estimate of drug-likeness (QED) is 0.433. The summed E-state index contributed by atoms with van der Waals surface area (Å²) in [5.74, 6) is 2.79. The summed E-state index contributed by atoms with van der Waals surface area (Å²) >= 11 is -0.988. The first-order valence-electron chi connectivity index (χ1n) is 9.37. The smallest absolute Gasteiger partial charge is 1.00 e. The van der Waals surface area contributed by atoms with E-state index in [1.165, 1.54) is 12.8 Å². The molecule has 0 radical (unpaired) electrons. The van der Waals surface area contributed by atoms with Gasteiger partial charge in [-0.05, 0) is 0 Å². The maximum atomic E-state index is 2.55. The van der Waals surface area contributed by atoms with E-state index in [1.807, 2.05) is 6.66 Å². The van der Waals surface area contributed by atoms with E-state index in [0.717, 1.165) is 0 Å². The second-order valence-electron chi connectivity index (χ2n) is 8.27. The van der Waals surface area contributed by atoms with Gasteiger partial charge in [0.1, 0.15) is 0 Å². The van der Waals surface area contributed by atoms with Crippen LogP contribution in [-0.4, -0.2) is 0 Å². The molecular weight excluding hydrogens is 514 g/mol. The second kappa shape index (κ2) is 10.7. The standard InChI is InChI=1S/2C11H17.2ClH.Hf/c2*1-8(2)10-5-6-11(7-10)9(3)4;;;/h2*5,8-9H,6H2,1-4H3;2*1H;/q;;;;+2/p-2. The van der Waals surface area contributed by atoms with Gasteiger partial charge in [-0.2, -0.15) is 0 Å². The van der Waals surface area contributed by atoms with Crippen LogP contribution in [0.4, 0.5) is 0 Å². The molecular formula is C22H34Cl2Hf. The molecule has 2 rings (SSSR count). The Bertz CT molecular complexity index is 535. The van der Waals surface area contributed by atoms with E-state index in [-0.39, 0.29) is 24.8 Å². The van der Waals surface area contributed by atoms with E-state index in [2.05, 4.69) is 67.5 Å². The summed E-state index contributed by atoms with van der Waals surface area (Å²) in [4.78, 5) is 0. The molecule has 0 amide bonds. The predicted octanol–water partition coefficient (Wildman–Crippen LogP) is 0.869. The summed E-state index contributed by atoms with van der Waals surface area (Å²) in [6.07, 6.45) is 7.54. The predicted molar refractivity (Wildman–Crippen MR) is 98.8 cm³/mol. The largest absolute Gasteiger partial charge is 1.00 e. The Balaban J connectivity index is 0.00000288. The van der Waals surface area contributed by atoms with Gasteiger partial charge in [0, 0.05) is 0 Å². The number of hydrogen-bond acceptors (Lipinski definition) is 0. The topological polar surface area (TPSA) is 0 Å². The van der Waals surface area contributed by atoms with Crippen LogP contribution in [0.3, 0.4) is 0 Å². The minimum absolute atomic E-state index is 0. The third-order valence-corrected chi connectivity index (χ3v) is 11.4. The first-order chi connectivity index (χ1) is 10.7. The maximum Gasteiger partial charge on any atom is -1.00 e. The Labute approximate surface area is 179 Å². The van der Waals surface area contributed by atoms with Crippen LogP contribution >= 0.6 is 0 Å². The van der Waals surface area contributed by atoms with Crippen LogP contribution in [0.1, 0.15) is 68.2 Å². The number of rotatable bonds is 6. The van der Waals surface area contributed by atoms with Crippen molar-refractivity contribution in [2.75, 3.05) is 0 Å². The van der Waals surface area contributed by atoms with E-state index in [0.29, 0.717) is 23.7 Å². The average Bonchev–Trinajstić information content (AvgIpc) is 3.02. The summed E-state index contributed by atoms with van der Waals surface area (Å²) in [5, 5.41) is 0. The van der Waals surface area contributed by atoms with Crippen molar-refractivity contribution < 1.29 is 47.7 Å². The van der Waals surface area contributed by atoms with Crippen molar-refractivity contribution in [3.05, 3.63) is 41.1 Å². The van der Waals surface area contributed by atoms with Crippen LogP contribution in [-0.2, 0) is 22.9 Å². The van der Waals surface area contributed by atoms with Gasteiger partial charge in [-0.1, -0.05) is 0 Å². The molecule has 140 valence electrons. The van der Waals surface area contributed by atoms with E-state index in [4.69, 9.17) is 0 Å². The monoisotopic (exact) mass is 548 g/mol. The molecule has 0 aromatic heterocycles. The molecule has 0 bridgehead atoms. The Kier molecular flexibility index (Phi) is 10.8. The maximum absolute atomic E-state index is 2.55. The second-order valence-corrected chi connectivity index (χ2v) is 12.8. The van der Waals surface area contributed by atoms with Crippen LogP contribution < -0.4 is 24.8 Å². The van der Waals surface area contributed by atoms with Crippen LogP contribution in [0.15, 0.2) is 41.1 Å². The first kappa shape index (κ1) is 25.4. The molecule has 0 fully saturated rings.